The Bertz CT molecular complexity index is 107. The van der Waals surface area contributed by atoms with Crippen LogP contribution in [0.25, 0.3) is 0 Å². The summed E-state index contributed by atoms with van der Waals surface area (Å²) in [7, 11) is 1.64. The van der Waals surface area contributed by atoms with E-state index < -0.39 is 0 Å². The maximum Gasteiger partial charge on any atom is 0.114 e. The monoisotopic (exact) mass is 190 g/mol. The zero-order valence-corrected chi connectivity index (χ0v) is 7.15. The van der Waals surface area contributed by atoms with Crippen molar-refractivity contribution in [1.82, 2.24) is 0 Å². The number of methoxy groups -OCH3 is 1. The topological polar surface area (TPSA) is 9.23 Å². The highest BCUT2D eigenvalue weighted by Gasteiger charge is 1.84. The maximum absolute atomic E-state index is 4.92. The molecule has 0 aliphatic rings. The van der Waals surface area contributed by atoms with Crippen molar-refractivity contribution in [1.29, 1.82) is 0 Å². The minimum atomic E-state index is 0.842. The van der Waals surface area contributed by atoms with Gasteiger partial charge in [0.1, 0.15) is 5.76 Å². The van der Waals surface area contributed by atoms with Crippen molar-refractivity contribution in [2.45, 2.75) is 6.42 Å². The summed E-state index contributed by atoms with van der Waals surface area (Å²) in [5, 5.41) is 0.966. The number of hydrogen-bond donors (Lipinski definition) is 0. The molecule has 0 aromatic carbocycles. The molecule has 0 aromatic heterocycles. The van der Waals surface area contributed by atoms with E-state index in [4.69, 9.17) is 4.74 Å². The zero-order valence-electron chi connectivity index (χ0n) is 5.56. The Hall–Kier alpha value is -0.240. The van der Waals surface area contributed by atoms with Crippen molar-refractivity contribution in [2.75, 3.05) is 12.4 Å². The van der Waals surface area contributed by atoms with E-state index in [1.807, 2.05) is 6.08 Å². The van der Waals surface area contributed by atoms with Gasteiger partial charge in [-0.25, -0.2) is 0 Å². The number of rotatable bonds is 4. The van der Waals surface area contributed by atoms with Crippen LogP contribution in [0.4, 0.5) is 0 Å². The molecule has 0 radical (unpaired) electrons. The number of hydrogen-bond acceptors (Lipinski definition) is 1. The Morgan fingerprint density at radius 1 is 1.78 bits per heavy atom. The second-order valence-corrected chi connectivity index (χ2v) is 2.29. The van der Waals surface area contributed by atoms with Gasteiger partial charge in [-0.05, 0) is 18.6 Å². The summed E-state index contributed by atoms with van der Waals surface area (Å²) in [6.45, 7) is 3.58. The van der Waals surface area contributed by atoms with E-state index in [1.54, 1.807) is 13.2 Å². The summed E-state index contributed by atoms with van der Waals surface area (Å²) in [5.74, 6) is 0.842. The minimum absolute atomic E-state index is 0.842. The molecule has 0 unspecified atom stereocenters. The van der Waals surface area contributed by atoms with Gasteiger partial charge in [0.25, 0.3) is 0 Å². The van der Waals surface area contributed by atoms with Crippen LogP contribution in [0.3, 0.4) is 0 Å². The Morgan fingerprint density at radius 2 is 2.44 bits per heavy atom. The fourth-order valence-electron chi connectivity index (χ4n) is 0.447. The van der Waals surface area contributed by atoms with Crippen LogP contribution in [-0.2, 0) is 4.74 Å². The quantitative estimate of drug-likeness (QED) is 0.376. The number of allylic oxidation sites excluding steroid dienone is 2. The van der Waals surface area contributed by atoms with Gasteiger partial charge in [-0.1, -0.05) is 22.5 Å². The molecule has 0 bridgehead atoms. The molecule has 0 spiro atoms. The highest BCUT2D eigenvalue weighted by atomic mass is 79.9. The van der Waals surface area contributed by atoms with Gasteiger partial charge in [-0.15, -0.1) is 0 Å². The van der Waals surface area contributed by atoms with E-state index in [1.165, 1.54) is 0 Å². The fourth-order valence-corrected chi connectivity index (χ4v) is 0.676. The summed E-state index contributed by atoms with van der Waals surface area (Å²) in [6.07, 6.45) is 4.67. The Kier molecular flexibility index (Phi) is 5.73. The molecule has 0 fully saturated rings. The highest BCUT2D eigenvalue weighted by molar-refractivity contribution is 9.09. The predicted molar refractivity (Wildman–Crippen MR) is 43.7 cm³/mol. The van der Waals surface area contributed by atoms with Gasteiger partial charge in [-0.2, -0.15) is 0 Å². The van der Waals surface area contributed by atoms with Crippen LogP contribution >= 0.6 is 15.9 Å². The van der Waals surface area contributed by atoms with Crippen molar-refractivity contribution in [2.24, 2.45) is 0 Å². The maximum atomic E-state index is 4.92. The second-order valence-electron chi connectivity index (χ2n) is 1.49. The first-order chi connectivity index (χ1) is 4.35. The van der Waals surface area contributed by atoms with Crippen LogP contribution in [0.1, 0.15) is 6.42 Å². The van der Waals surface area contributed by atoms with Crippen molar-refractivity contribution in [3.05, 3.63) is 24.5 Å². The summed E-state index contributed by atoms with van der Waals surface area (Å²) >= 11 is 3.30. The second kappa shape index (κ2) is 5.89. The van der Waals surface area contributed by atoms with Gasteiger partial charge in [-0.3, -0.25) is 0 Å². The normalized spacial score (nSPS) is 11.1. The number of ether oxygens (including phenoxy) is 1. The first-order valence-corrected chi connectivity index (χ1v) is 3.89. The lowest BCUT2D eigenvalue weighted by Crippen LogP contribution is -1.80. The molecule has 0 amide bonds. The van der Waals surface area contributed by atoms with E-state index >= 15 is 0 Å². The molecular formula is C7H11BrO. The molecule has 0 saturated heterocycles. The third-order valence-corrected chi connectivity index (χ3v) is 1.35. The van der Waals surface area contributed by atoms with Crippen LogP contribution in [0.15, 0.2) is 24.5 Å². The molecule has 9 heavy (non-hydrogen) atoms. The van der Waals surface area contributed by atoms with E-state index in [9.17, 15) is 0 Å². The van der Waals surface area contributed by atoms with Crippen LogP contribution < -0.4 is 0 Å². The van der Waals surface area contributed by atoms with Crippen LogP contribution in [-0.4, -0.2) is 12.4 Å². The van der Waals surface area contributed by atoms with Gasteiger partial charge in [0.05, 0.1) is 7.11 Å². The van der Waals surface area contributed by atoms with Crippen LogP contribution in [0.5, 0.6) is 0 Å². The average Bonchev–Trinajstić information content (AvgIpc) is 1.91. The number of alkyl halides is 1. The van der Waals surface area contributed by atoms with Gasteiger partial charge >= 0.3 is 0 Å². The van der Waals surface area contributed by atoms with Crippen LogP contribution in [0.2, 0.25) is 0 Å². The molecule has 0 aromatic rings. The molecule has 2 heteroatoms. The molecule has 0 aliphatic carbocycles. The molecule has 0 aliphatic heterocycles. The molecule has 0 heterocycles. The summed E-state index contributed by atoms with van der Waals surface area (Å²) in [5.41, 5.74) is 0. The van der Waals surface area contributed by atoms with E-state index in [0.717, 1.165) is 17.5 Å². The van der Waals surface area contributed by atoms with Crippen molar-refractivity contribution >= 4 is 15.9 Å². The Balaban J connectivity index is 3.61. The Morgan fingerprint density at radius 3 is 2.78 bits per heavy atom. The standard InChI is InChI=1S/C7H11BrO/c1-3-7(9-2)5-4-6-8/h3,5H,1,4,6H2,2H3/b7-5+. The Labute approximate surface area is 64.5 Å². The molecule has 0 saturated carbocycles. The summed E-state index contributed by atoms with van der Waals surface area (Å²) in [4.78, 5) is 0. The molecular weight excluding hydrogens is 180 g/mol. The molecule has 0 rings (SSSR count). The van der Waals surface area contributed by atoms with Gasteiger partial charge < -0.3 is 4.74 Å². The van der Waals surface area contributed by atoms with E-state index in [2.05, 4.69) is 22.5 Å². The lowest BCUT2D eigenvalue weighted by Gasteiger charge is -1.96. The van der Waals surface area contributed by atoms with Gasteiger partial charge in [0, 0.05) is 5.33 Å². The largest absolute Gasteiger partial charge is 0.497 e. The first-order valence-electron chi connectivity index (χ1n) is 2.77. The fraction of sp³-hybridized carbons (Fsp3) is 0.429. The lowest BCUT2D eigenvalue weighted by molar-refractivity contribution is 0.305. The van der Waals surface area contributed by atoms with Crippen molar-refractivity contribution < 1.29 is 4.74 Å². The van der Waals surface area contributed by atoms with Gasteiger partial charge in [0.2, 0.25) is 0 Å². The van der Waals surface area contributed by atoms with E-state index in [0.29, 0.717) is 0 Å². The smallest absolute Gasteiger partial charge is 0.114 e. The van der Waals surface area contributed by atoms with Gasteiger partial charge in [0.15, 0.2) is 0 Å². The highest BCUT2D eigenvalue weighted by Crippen LogP contribution is 1.99. The minimum Gasteiger partial charge on any atom is -0.497 e. The molecule has 1 nitrogen and oxygen atoms in total. The molecule has 0 atom stereocenters. The van der Waals surface area contributed by atoms with Crippen molar-refractivity contribution in [3.8, 4) is 0 Å². The average molecular weight is 191 g/mol. The first kappa shape index (κ1) is 8.76. The summed E-state index contributed by atoms with van der Waals surface area (Å²) < 4.78 is 4.92. The molecule has 52 valence electrons. The number of halogens is 1. The lowest BCUT2D eigenvalue weighted by atomic mass is 10.4. The van der Waals surface area contributed by atoms with E-state index in [-0.39, 0.29) is 0 Å². The third kappa shape index (κ3) is 4.28. The zero-order chi connectivity index (χ0) is 7.11. The third-order valence-electron chi connectivity index (χ3n) is 0.892. The summed E-state index contributed by atoms with van der Waals surface area (Å²) in [6, 6.07) is 0. The van der Waals surface area contributed by atoms with Crippen LogP contribution in [0, 0.1) is 0 Å². The SMILES string of the molecule is C=C/C(=C\CCBr)OC. The van der Waals surface area contributed by atoms with Crippen molar-refractivity contribution in [3.63, 3.8) is 0 Å². The predicted octanol–water partition coefficient (Wildman–Crippen LogP) is 2.49. The molecule has 0 N–H and O–H groups in total.